The van der Waals surface area contributed by atoms with Gasteiger partial charge in [-0.1, -0.05) is 24.3 Å². The summed E-state index contributed by atoms with van der Waals surface area (Å²) in [6.45, 7) is 2.80. The van der Waals surface area contributed by atoms with Crippen molar-refractivity contribution < 1.29 is 0 Å². The Bertz CT molecular complexity index is 348. The highest BCUT2D eigenvalue weighted by Gasteiger charge is 1.90. The van der Waals surface area contributed by atoms with Gasteiger partial charge in [0.25, 0.3) is 0 Å². The second kappa shape index (κ2) is 5.93. The maximum atomic E-state index is 8.32. The number of aliphatic imine (C=N–C) groups is 1. The predicted octanol–water partition coefficient (Wildman–Crippen LogP) is 2.72. The Labute approximate surface area is 84.9 Å². The van der Waals surface area contributed by atoms with Gasteiger partial charge < -0.3 is 0 Å². The number of nitriles is 1. The van der Waals surface area contributed by atoms with Crippen LogP contribution in [0.1, 0.15) is 24.0 Å². The van der Waals surface area contributed by atoms with Crippen molar-refractivity contribution in [1.29, 1.82) is 5.26 Å². The summed E-state index contributed by atoms with van der Waals surface area (Å²) in [6, 6.07) is 10.2. The number of rotatable bonds is 4. The maximum Gasteiger partial charge on any atom is 0.0622 e. The van der Waals surface area contributed by atoms with E-state index >= 15 is 0 Å². The van der Waals surface area contributed by atoms with Crippen molar-refractivity contribution in [2.75, 3.05) is 6.54 Å². The molecule has 0 N–H and O–H groups in total. The minimum atomic E-state index is 0.588. The summed E-state index contributed by atoms with van der Waals surface area (Å²) in [5.41, 5.74) is 2.39. The summed E-state index contributed by atoms with van der Waals surface area (Å²) in [4.78, 5) is 4.26. The number of aryl methyl sites for hydroxylation is 1. The smallest absolute Gasteiger partial charge is 0.0622 e. The largest absolute Gasteiger partial charge is 0.293 e. The van der Waals surface area contributed by atoms with Gasteiger partial charge in [0.2, 0.25) is 0 Å². The van der Waals surface area contributed by atoms with Gasteiger partial charge in [0.05, 0.1) is 6.07 Å². The molecule has 2 heteroatoms. The van der Waals surface area contributed by atoms with Gasteiger partial charge in [-0.15, -0.1) is 0 Å². The second-order valence-corrected chi connectivity index (χ2v) is 3.15. The van der Waals surface area contributed by atoms with Crippen molar-refractivity contribution in [3.05, 3.63) is 35.4 Å². The fourth-order valence-electron chi connectivity index (χ4n) is 1.14. The Hall–Kier alpha value is -1.62. The number of benzene rings is 1. The van der Waals surface area contributed by atoms with Crippen LogP contribution in [0.15, 0.2) is 29.3 Å². The molecular weight excluding hydrogens is 172 g/mol. The van der Waals surface area contributed by atoms with E-state index in [9.17, 15) is 0 Å². The van der Waals surface area contributed by atoms with Crippen LogP contribution in [0.2, 0.25) is 0 Å². The summed E-state index contributed by atoms with van der Waals surface area (Å²) in [5, 5.41) is 8.32. The Balaban J connectivity index is 2.45. The van der Waals surface area contributed by atoms with E-state index in [-0.39, 0.29) is 0 Å². The molecule has 0 aliphatic heterocycles. The minimum Gasteiger partial charge on any atom is -0.293 e. The van der Waals surface area contributed by atoms with Crippen molar-refractivity contribution in [1.82, 2.24) is 0 Å². The molecule has 0 aliphatic carbocycles. The van der Waals surface area contributed by atoms with E-state index in [4.69, 9.17) is 5.26 Å². The molecule has 0 radical (unpaired) electrons. The summed E-state index contributed by atoms with van der Waals surface area (Å²) in [6.07, 6.45) is 3.32. The summed E-state index contributed by atoms with van der Waals surface area (Å²) >= 11 is 0. The van der Waals surface area contributed by atoms with Crippen molar-refractivity contribution in [2.45, 2.75) is 19.8 Å². The highest BCUT2D eigenvalue weighted by molar-refractivity contribution is 5.81. The van der Waals surface area contributed by atoms with Gasteiger partial charge in [-0.05, 0) is 24.5 Å². The first-order chi connectivity index (χ1) is 6.84. The molecule has 2 nitrogen and oxygen atoms in total. The van der Waals surface area contributed by atoms with Crippen LogP contribution in [0.3, 0.4) is 0 Å². The molecule has 0 saturated heterocycles. The van der Waals surface area contributed by atoms with Gasteiger partial charge >= 0.3 is 0 Å². The fourth-order valence-corrected chi connectivity index (χ4v) is 1.14. The predicted molar refractivity (Wildman–Crippen MR) is 58.5 cm³/mol. The first kappa shape index (κ1) is 10.5. The highest BCUT2D eigenvalue weighted by Crippen LogP contribution is 2.03. The van der Waals surface area contributed by atoms with Crippen LogP contribution >= 0.6 is 0 Å². The summed E-state index contributed by atoms with van der Waals surface area (Å²) in [7, 11) is 0. The molecule has 1 aromatic rings. The zero-order chi connectivity index (χ0) is 10.2. The van der Waals surface area contributed by atoms with Gasteiger partial charge in [0.15, 0.2) is 0 Å². The van der Waals surface area contributed by atoms with Gasteiger partial charge in [-0.3, -0.25) is 4.99 Å². The third-order valence-electron chi connectivity index (χ3n) is 1.99. The Morgan fingerprint density at radius 1 is 1.43 bits per heavy atom. The topological polar surface area (TPSA) is 36.1 Å². The molecule has 0 amide bonds. The maximum absolute atomic E-state index is 8.32. The summed E-state index contributed by atoms with van der Waals surface area (Å²) in [5.74, 6) is 0. The van der Waals surface area contributed by atoms with Crippen LogP contribution < -0.4 is 0 Å². The van der Waals surface area contributed by atoms with Gasteiger partial charge in [0.1, 0.15) is 0 Å². The van der Waals surface area contributed by atoms with Crippen LogP contribution in [0.4, 0.5) is 0 Å². The van der Waals surface area contributed by atoms with E-state index in [0.29, 0.717) is 6.42 Å². The van der Waals surface area contributed by atoms with Crippen LogP contribution in [0.25, 0.3) is 0 Å². The average Bonchev–Trinajstić information content (AvgIpc) is 2.20. The number of hydrogen-bond donors (Lipinski definition) is 0. The number of unbranched alkanes of at least 4 members (excludes halogenated alkanes) is 1. The van der Waals surface area contributed by atoms with Gasteiger partial charge in [-0.2, -0.15) is 5.26 Å². The quantitative estimate of drug-likeness (QED) is 0.526. The second-order valence-electron chi connectivity index (χ2n) is 3.15. The SMILES string of the molecule is Cc1ccccc1C=NCCCC#N. The van der Waals surface area contributed by atoms with E-state index in [1.165, 1.54) is 5.56 Å². The molecule has 0 bridgehead atoms. The lowest BCUT2D eigenvalue weighted by Gasteiger charge is -1.97. The van der Waals surface area contributed by atoms with Crippen molar-refractivity contribution in [3.8, 4) is 6.07 Å². The lowest BCUT2D eigenvalue weighted by atomic mass is 10.1. The van der Waals surface area contributed by atoms with E-state index in [2.05, 4.69) is 24.1 Å². The van der Waals surface area contributed by atoms with Crippen LogP contribution in [-0.4, -0.2) is 12.8 Å². The number of nitrogens with zero attached hydrogens (tertiary/aromatic N) is 2. The van der Waals surface area contributed by atoms with E-state index in [0.717, 1.165) is 18.5 Å². The van der Waals surface area contributed by atoms with E-state index in [1.807, 2.05) is 24.4 Å². The molecule has 1 aromatic carbocycles. The highest BCUT2D eigenvalue weighted by atomic mass is 14.7. The Morgan fingerprint density at radius 2 is 2.21 bits per heavy atom. The monoisotopic (exact) mass is 186 g/mol. The number of hydrogen-bond acceptors (Lipinski definition) is 2. The lowest BCUT2D eigenvalue weighted by molar-refractivity contribution is 0.866. The Kier molecular flexibility index (Phi) is 4.43. The third-order valence-corrected chi connectivity index (χ3v) is 1.99. The molecule has 0 spiro atoms. The first-order valence-electron chi connectivity index (χ1n) is 4.77. The summed E-state index contributed by atoms with van der Waals surface area (Å²) < 4.78 is 0. The average molecular weight is 186 g/mol. The van der Waals surface area contributed by atoms with Crippen LogP contribution in [-0.2, 0) is 0 Å². The standard InChI is InChI=1S/C12H14N2/c1-11-6-2-3-7-12(11)10-14-9-5-4-8-13/h2-3,6-7,10H,4-5,9H2,1H3. The molecule has 0 unspecified atom stereocenters. The molecule has 0 aliphatic rings. The normalized spacial score (nSPS) is 10.3. The molecular formula is C12H14N2. The minimum absolute atomic E-state index is 0.588. The van der Waals surface area contributed by atoms with Crippen molar-refractivity contribution in [3.63, 3.8) is 0 Å². The molecule has 0 saturated carbocycles. The lowest BCUT2D eigenvalue weighted by Crippen LogP contribution is -1.87. The first-order valence-corrected chi connectivity index (χ1v) is 4.77. The van der Waals surface area contributed by atoms with Gasteiger partial charge in [-0.25, -0.2) is 0 Å². The fraction of sp³-hybridized carbons (Fsp3) is 0.333. The molecule has 1 rings (SSSR count). The molecule has 0 aromatic heterocycles. The molecule has 14 heavy (non-hydrogen) atoms. The van der Waals surface area contributed by atoms with E-state index < -0.39 is 0 Å². The zero-order valence-electron chi connectivity index (χ0n) is 8.40. The molecule has 72 valence electrons. The molecule has 0 heterocycles. The third kappa shape index (κ3) is 3.40. The zero-order valence-corrected chi connectivity index (χ0v) is 8.40. The Morgan fingerprint density at radius 3 is 2.93 bits per heavy atom. The van der Waals surface area contributed by atoms with E-state index in [1.54, 1.807) is 0 Å². The van der Waals surface area contributed by atoms with Crippen molar-refractivity contribution >= 4 is 6.21 Å². The van der Waals surface area contributed by atoms with Gasteiger partial charge in [0, 0.05) is 19.2 Å². The molecule has 0 fully saturated rings. The molecule has 0 atom stereocenters. The van der Waals surface area contributed by atoms with Crippen LogP contribution in [0, 0.1) is 18.3 Å². The van der Waals surface area contributed by atoms with Crippen LogP contribution in [0.5, 0.6) is 0 Å². The van der Waals surface area contributed by atoms with Crippen molar-refractivity contribution in [2.24, 2.45) is 4.99 Å².